The van der Waals surface area contributed by atoms with Gasteiger partial charge in [-0.05, 0) is 54.2 Å². The van der Waals surface area contributed by atoms with E-state index in [1.807, 2.05) is 30.0 Å². The molecule has 0 saturated heterocycles. The summed E-state index contributed by atoms with van der Waals surface area (Å²) >= 11 is 0. The third-order valence-electron chi connectivity index (χ3n) is 7.49. The van der Waals surface area contributed by atoms with Crippen molar-refractivity contribution in [3.63, 3.8) is 0 Å². The highest BCUT2D eigenvalue weighted by molar-refractivity contribution is 7.92. The second kappa shape index (κ2) is 11.8. The Labute approximate surface area is 234 Å². The molecule has 1 aliphatic heterocycles. The van der Waals surface area contributed by atoms with E-state index in [9.17, 15) is 13.2 Å². The number of hydrogen-bond donors (Lipinski definition) is 2. The molecule has 3 aromatic rings. The number of aliphatic imine (C=N–C) groups is 1. The Kier molecular flexibility index (Phi) is 8.27. The number of tetrazole rings is 1. The number of anilines is 1. The average molecular weight is 566 g/mol. The number of carbonyl (C=O) groups is 1. The summed E-state index contributed by atoms with van der Waals surface area (Å²) in [5.74, 6) is 0.847. The SMILES string of the molecule is CCCCC1=NC2(CCCC2)C(=O)N1Cc1ccc(-c2ccccc2S(=O)(=O)Nc2nn[nH]n2)c(COCC)c1. The summed E-state index contributed by atoms with van der Waals surface area (Å²) in [7, 11) is -4.01. The fourth-order valence-electron chi connectivity index (χ4n) is 5.52. The van der Waals surface area contributed by atoms with Gasteiger partial charge in [-0.25, -0.2) is 13.1 Å². The quantitative estimate of drug-likeness (QED) is 0.330. The lowest BCUT2D eigenvalue weighted by Crippen LogP contribution is -2.40. The van der Waals surface area contributed by atoms with Gasteiger partial charge in [0, 0.05) is 18.6 Å². The van der Waals surface area contributed by atoms with Crippen molar-refractivity contribution in [3.05, 3.63) is 53.6 Å². The molecule has 1 fully saturated rings. The molecule has 11 nitrogen and oxygen atoms in total. The van der Waals surface area contributed by atoms with Gasteiger partial charge in [0.05, 0.1) is 18.0 Å². The van der Waals surface area contributed by atoms with Crippen molar-refractivity contribution in [2.75, 3.05) is 11.3 Å². The molecule has 0 bridgehead atoms. The minimum absolute atomic E-state index is 0.0807. The number of sulfonamides is 1. The van der Waals surface area contributed by atoms with Crippen LogP contribution in [0.15, 0.2) is 52.4 Å². The number of hydrogen-bond acceptors (Lipinski definition) is 8. The number of aromatic nitrogens is 4. The van der Waals surface area contributed by atoms with Crippen LogP contribution < -0.4 is 4.72 Å². The molecule has 2 N–H and O–H groups in total. The number of carbonyl (C=O) groups excluding carboxylic acids is 1. The Morgan fingerprint density at radius 1 is 1.10 bits per heavy atom. The fraction of sp³-hybridized carbons (Fsp3) is 0.464. The zero-order valence-electron chi connectivity index (χ0n) is 22.9. The second-order valence-corrected chi connectivity index (χ2v) is 11.9. The third kappa shape index (κ3) is 5.64. The van der Waals surface area contributed by atoms with Crippen molar-refractivity contribution in [1.29, 1.82) is 0 Å². The molecule has 2 heterocycles. The van der Waals surface area contributed by atoms with E-state index in [0.29, 0.717) is 25.3 Å². The molecule has 1 amide bonds. The molecule has 1 aliphatic carbocycles. The molecular weight excluding hydrogens is 530 g/mol. The minimum Gasteiger partial charge on any atom is -0.377 e. The lowest BCUT2D eigenvalue weighted by Gasteiger charge is -2.23. The van der Waals surface area contributed by atoms with Gasteiger partial charge >= 0.3 is 0 Å². The third-order valence-corrected chi connectivity index (χ3v) is 8.88. The Morgan fingerprint density at radius 3 is 2.62 bits per heavy atom. The first-order valence-corrected chi connectivity index (χ1v) is 15.3. The summed E-state index contributed by atoms with van der Waals surface area (Å²) in [5.41, 5.74) is 2.43. The number of rotatable bonds is 12. The smallest absolute Gasteiger partial charge is 0.276 e. The predicted molar refractivity (Wildman–Crippen MR) is 151 cm³/mol. The monoisotopic (exact) mass is 565 g/mol. The van der Waals surface area contributed by atoms with E-state index < -0.39 is 15.6 Å². The van der Waals surface area contributed by atoms with E-state index >= 15 is 0 Å². The zero-order chi connectivity index (χ0) is 28.2. The average Bonchev–Trinajstić information content (AvgIpc) is 3.70. The number of H-pyrrole nitrogens is 1. The highest BCUT2D eigenvalue weighted by Gasteiger charge is 2.49. The summed E-state index contributed by atoms with van der Waals surface area (Å²) in [6.07, 6.45) is 6.49. The lowest BCUT2D eigenvalue weighted by molar-refractivity contribution is -0.131. The van der Waals surface area contributed by atoms with E-state index in [1.54, 1.807) is 18.2 Å². The molecule has 2 aliphatic rings. The Morgan fingerprint density at radius 2 is 1.90 bits per heavy atom. The van der Waals surface area contributed by atoms with Crippen molar-refractivity contribution in [1.82, 2.24) is 25.5 Å². The van der Waals surface area contributed by atoms with Gasteiger partial charge in [0.1, 0.15) is 11.4 Å². The topological polar surface area (TPSA) is 143 Å². The van der Waals surface area contributed by atoms with Crippen molar-refractivity contribution in [2.24, 2.45) is 4.99 Å². The number of ether oxygens (including phenoxy) is 1. The number of nitrogens with zero attached hydrogens (tertiary/aromatic N) is 5. The van der Waals surface area contributed by atoms with Gasteiger partial charge in [-0.1, -0.05) is 67.7 Å². The van der Waals surface area contributed by atoms with Gasteiger partial charge in [-0.15, -0.1) is 5.10 Å². The van der Waals surface area contributed by atoms with Crippen LogP contribution in [0.5, 0.6) is 0 Å². The minimum atomic E-state index is -4.01. The maximum atomic E-state index is 13.6. The van der Waals surface area contributed by atoms with Crippen LogP contribution in [0.3, 0.4) is 0 Å². The molecule has 2 aromatic carbocycles. The molecule has 0 unspecified atom stereocenters. The lowest BCUT2D eigenvalue weighted by atomic mass is 9.96. The molecular formula is C28H35N7O4S. The Bertz CT molecular complexity index is 1480. The second-order valence-electron chi connectivity index (χ2n) is 10.2. The zero-order valence-corrected chi connectivity index (χ0v) is 23.7. The van der Waals surface area contributed by atoms with Gasteiger partial charge in [0.25, 0.3) is 21.9 Å². The van der Waals surface area contributed by atoms with Crippen molar-refractivity contribution < 1.29 is 17.9 Å². The first-order chi connectivity index (χ1) is 19.4. The van der Waals surface area contributed by atoms with Gasteiger partial charge in [-0.2, -0.15) is 5.21 Å². The van der Waals surface area contributed by atoms with E-state index in [1.165, 1.54) is 6.07 Å². The first-order valence-electron chi connectivity index (χ1n) is 13.8. The molecule has 0 radical (unpaired) electrons. The largest absolute Gasteiger partial charge is 0.377 e. The number of nitrogens with one attached hydrogen (secondary N) is 2. The van der Waals surface area contributed by atoms with Crippen LogP contribution in [0, 0.1) is 0 Å². The molecule has 212 valence electrons. The van der Waals surface area contributed by atoms with Gasteiger partial charge < -0.3 is 4.74 Å². The molecule has 5 rings (SSSR count). The van der Waals surface area contributed by atoms with Crippen LogP contribution in [-0.4, -0.2) is 57.8 Å². The summed E-state index contributed by atoms with van der Waals surface area (Å²) < 4.78 is 34.7. The number of benzene rings is 2. The van der Waals surface area contributed by atoms with Gasteiger partial charge in [0.15, 0.2) is 0 Å². The Balaban J connectivity index is 1.48. The number of amides is 1. The summed E-state index contributed by atoms with van der Waals surface area (Å²) in [4.78, 5) is 20.6. The number of amidine groups is 1. The van der Waals surface area contributed by atoms with Crippen LogP contribution in [0.1, 0.15) is 69.9 Å². The molecule has 40 heavy (non-hydrogen) atoms. The van der Waals surface area contributed by atoms with Crippen LogP contribution in [0.2, 0.25) is 0 Å². The van der Waals surface area contributed by atoms with Crippen molar-refractivity contribution >= 4 is 27.7 Å². The highest BCUT2D eigenvalue weighted by atomic mass is 32.2. The fourth-order valence-corrected chi connectivity index (χ4v) is 6.69. The van der Waals surface area contributed by atoms with Crippen molar-refractivity contribution in [3.8, 4) is 11.1 Å². The number of unbranched alkanes of at least 4 members (excludes halogenated alkanes) is 1. The normalized spacial score (nSPS) is 16.6. The predicted octanol–water partition coefficient (Wildman–Crippen LogP) is 4.45. The van der Waals surface area contributed by atoms with E-state index in [0.717, 1.165) is 67.5 Å². The molecule has 1 spiro atoms. The van der Waals surface area contributed by atoms with Crippen LogP contribution in [-0.2, 0) is 32.7 Å². The van der Waals surface area contributed by atoms with Crippen LogP contribution >= 0.6 is 0 Å². The van der Waals surface area contributed by atoms with E-state index in [-0.39, 0.29) is 16.8 Å². The first kappa shape index (κ1) is 27.9. The molecule has 1 aromatic heterocycles. The summed E-state index contributed by atoms with van der Waals surface area (Å²) in [6.45, 7) is 5.27. The Hall–Kier alpha value is -3.64. The highest BCUT2D eigenvalue weighted by Crippen LogP contribution is 2.40. The van der Waals surface area contributed by atoms with E-state index in [2.05, 4.69) is 32.3 Å². The van der Waals surface area contributed by atoms with Crippen molar-refractivity contribution in [2.45, 2.75) is 82.4 Å². The maximum absolute atomic E-state index is 13.6. The van der Waals surface area contributed by atoms with Gasteiger partial charge in [0.2, 0.25) is 0 Å². The van der Waals surface area contributed by atoms with E-state index in [4.69, 9.17) is 9.73 Å². The van der Waals surface area contributed by atoms with Crippen LogP contribution in [0.25, 0.3) is 11.1 Å². The van der Waals surface area contributed by atoms with Gasteiger partial charge in [-0.3, -0.25) is 14.7 Å². The maximum Gasteiger partial charge on any atom is 0.276 e. The van der Waals surface area contributed by atoms with Crippen LogP contribution in [0.4, 0.5) is 5.95 Å². The molecule has 12 heteroatoms. The summed E-state index contributed by atoms with van der Waals surface area (Å²) in [5, 5.41) is 13.1. The molecule has 1 saturated carbocycles. The standard InChI is InChI=1S/C28H35N7O4S/c1-3-5-12-25-29-28(15-8-9-16-28)26(36)35(25)18-20-13-14-22(21(17-20)19-39-4-2)23-10-6-7-11-24(23)40(37,38)32-27-30-33-34-31-27/h6-7,10-11,13-14,17H,3-5,8-9,12,15-16,18-19H2,1-2H3,(H2,30,31,32,33,34). The number of aromatic amines is 1. The summed E-state index contributed by atoms with van der Waals surface area (Å²) in [6, 6.07) is 12.6. The molecule has 0 atom stereocenters.